The average Bonchev–Trinajstić information content (AvgIpc) is 2.45. The van der Waals surface area contributed by atoms with Crippen LogP contribution in [-0.2, 0) is 9.59 Å². The molecule has 1 rings (SSSR count). The Morgan fingerprint density at radius 2 is 1.88 bits per heavy atom. The summed E-state index contributed by atoms with van der Waals surface area (Å²) in [5, 5.41) is 5.09. The lowest BCUT2D eigenvalue weighted by atomic mass is 10.0. The van der Waals surface area contributed by atoms with Gasteiger partial charge in [0.05, 0.1) is 0 Å². The predicted octanol–water partition coefficient (Wildman–Crippen LogP) is 0.212. The number of carbonyl (C=O) groups is 3. The summed E-state index contributed by atoms with van der Waals surface area (Å²) in [7, 11) is 3.80. The fraction of sp³-hybridized carbons (Fsp3) is 0.500. The Kier molecular flexibility index (Phi) is 7.31. The molecule has 1 atom stereocenters. The second-order valence-corrected chi connectivity index (χ2v) is 6.29. The number of aromatic nitrogens is 1. The predicted molar refractivity (Wildman–Crippen MR) is 91.3 cm³/mol. The number of nitrogens with two attached hydrogens (primary N) is 1. The average molecular weight is 335 g/mol. The van der Waals surface area contributed by atoms with Crippen LogP contribution in [0.5, 0.6) is 0 Å². The second kappa shape index (κ2) is 8.97. The van der Waals surface area contributed by atoms with Crippen molar-refractivity contribution < 1.29 is 14.4 Å². The van der Waals surface area contributed by atoms with Crippen LogP contribution in [0.25, 0.3) is 0 Å². The first kappa shape index (κ1) is 19.6. The summed E-state index contributed by atoms with van der Waals surface area (Å²) in [6, 6.07) is 4.29. The quantitative estimate of drug-likeness (QED) is 0.616. The van der Waals surface area contributed by atoms with Gasteiger partial charge in [-0.2, -0.15) is 0 Å². The molecule has 0 aliphatic carbocycles. The van der Waals surface area contributed by atoms with Crippen LogP contribution in [0, 0.1) is 5.92 Å². The smallest absolute Gasteiger partial charge is 0.314 e. The van der Waals surface area contributed by atoms with Crippen molar-refractivity contribution in [3.63, 3.8) is 0 Å². The van der Waals surface area contributed by atoms with Gasteiger partial charge in [-0.3, -0.25) is 14.4 Å². The molecule has 0 saturated carbocycles. The fourth-order valence-corrected chi connectivity index (χ4v) is 2.25. The summed E-state index contributed by atoms with van der Waals surface area (Å²) >= 11 is 0. The number of likely N-dealkylation sites (N-methyl/N-ethyl adjacent to an activating group) is 1. The highest BCUT2D eigenvalue weighted by Crippen LogP contribution is 2.07. The Balaban J connectivity index is 2.70. The van der Waals surface area contributed by atoms with Crippen LogP contribution in [0.1, 0.15) is 30.8 Å². The molecule has 0 aliphatic heterocycles. The maximum absolute atomic E-state index is 12.1. The van der Waals surface area contributed by atoms with Crippen molar-refractivity contribution >= 4 is 23.5 Å². The number of anilines is 1. The number of pyridine rings is 1. The molecule has 8 nitrogen and oxygen atoms in total. The third kappa shape index (κ3) is 6.74. The molecule has 0 fully saturated rings. The summed E-state index contributed by atoms with van der Waals surface area (Å²) in [5.41, 5.74) is 5.15. The van der Waals surface area contributed by atoms with Crippen LogP contribution in [0.3, 0.4) is 0 Å². The molecule has 8 heteroatoms. The van der Waals surface area contributed by atoms with E-state index in [0.717, 1.165) is 6.42 Å². The molecule has 3 amide bonds. The number of primary amides is 1. The van der Waals surface area contributed by atoms with Gasteiger partial charge in [0.2, 0.25) is 0 Å². The normalized spacial score (nSPS) is 12.1. The molecule has 24 heavy (non-hydrogen) atoms. The highest BCUT2D eigenvalue weighted by atomic mass is 16.2. The molecule has 0 aromatic carbocycles. The van der Waals surface area contributed by atoms with Crippen molar-refractivity contribution in [3.8, 4) is 0 Å². The third-order valence-electron chi connectivity index (χ3n) is 3.13. The molecule has 1 heterocycles. The molecular weight excluding hydrogens is 310 g/mol. The van der Waals surface area contributed by atoms with Crippen molar-refractivity contribution in [2.24, 2.45) is 11.7 Å². The fourth-order valence-electron chi connectivity index (χ4n) is 2.25. The van der Waals surface area contributed by atoms with Gasteiger partial charge in [0.15, 0.2) is 0 Å². The summed E-state index contributed by atoms with van der Waals surface area (Å²) < 4.78 is 0. The molecular formula is C16H25N5O3. The van der Waals surface area contributed by atoms with Crippen molar-refractivity contribution in [1.82, 2.24) is 15.2 Å². The van der Waals surface area contributed by atoms with Gasteiger partial charge in [0.25, 0.3) is 5.91 Å². The Hall–Kier alpha value is -2.48. The van der Waals surface area contributed by atoms with Crippen molar-refractivity contribution in [3.05, 3.63) is 23.9 Å². The zero-order chi connectivity index (χ0) is 18.3. The minimum Gasteiger partial charge on any atom is -0.364 e. The van der Waals surface area contributed by atoms with Gasteiger partial charge in [0, 0.05) is 12.6 Å². The molecule has 0 bridgehead atoms. The van der Waals surface area contributed by atoms with E-state index in [1.54, 1.807) is 0 Å². The maximum atomic E-state index is 12.1. The van der Waals surface area contributed by atoms with Crippen LogP contribution < -0.4 is 16.4 Å². The molecule has 132 valence electrons. The monoisotopic (exact) mass is 335 g/mol. The van der Waals surface area contributed by atoms with Crippen LogP contribution in [0.2, 0.25) is 0 Å². The van der Waals surface area contributed by atoms with E-state index < -0.39 is 17.7 Å². The van der Waals surface area contributed by atoms with Gasteiger partial charge in [-0.1, -0.05) is 19.9 Å². The van der Waals surface area contributed by atoms with Gasteiger partial charge in [-0.25, -0.2) is 4.98 Å². The lowest BCUT2D eigenvalue weighted by Gasteiger charge is -2.23. The third-order valence-corrected chi connectivity index (χ3v) is 3.13. The summed E-state index contributed by atoms with van der Waals surface area (Å²) in [6.45, 7) is 4.73. The molecule has 0 spiro atoms. The number of hydrogen-bond acceptors (Lipinski definition) is 5. The van der Waals surface area contributed by atoms with Crippen molar-refractivity contribution in [1.29, 1.82) is 0 Å². The largest absolute Gasteiger partial charge is 0.364 e. The highest BCUT2D eigenvalue weighted by molar-refractivity contribution is 6.39. The summed E-state index contributed by atoms with van der Waals surface area (Å²) in [4.78, 5) is 41.0. The van der Waals surface area contributed by atoms with Crippen LogP contribution in [0.15, 0.2) is 18.2 Å². The Morgan fingerprint density at radius 1 is 1.21 bits per heavy atom. The number of amides is 3. The topological polar surface area (TPSA) is 117 Å². The maximum Gasteiger partial charge on any atom is 0.314 e. The van der Waals surface area contributed by atoms with E-state index in [1.165, 1.54) is 18.2 Å². The zero-order valence-electron chi connectivity index (χ0n) is 14.5. The number of rotatable bonds is 7. The van der Waals surface area contributed by atoms with Crippen LogP contribution in [-0.4, -0.2) is 54.3 Å². The minimum absolute atomic E-state index is 0.0125. The minimum atomic E-state index is -0.836. The molecule has 0 saturated heterocycles. The zero-order valence-corrected chi connectivity index (χ0v) is 14.5. The second-order valence-electron chi connectivity index (χ2n) is 6.29. The SMILES string of the molecule is CC(C)C[C@@H](CN(C)C)NC(=O)C(=O)Nc1cccc(C(N)=O)n1. The van der Waals surface area contributed by atoms with E-state index in [0.29, 0.717) is 12.5 Å². The van der Waals surface area contributed by atoms with Gasteiger partial charge in [0.1, 0.15) is 11.5 Å². The van der Waals surface area contributed by atoms with Crippen molar-refractivity contribution in [2.75, 3.05) is 26.0 Å². The van der Waals surface area contributed by atoms with Gasteiger partial charge in [-0.05, 0) is 38.6 Å². The molecule has 4 N–H and O–H groups in total. The first-order chi connectivity index (χ1) is 11.2. The highest BCUT2D eigenvalue weighted by Gasteiger charge is 2.20. The summed E-state index contributed by atoms with van der Waals surface area (Å²) in [6.07, 6.45) is 0.757. The molecule has 1 aromatic heterocycles. The first-order valence-corrected chi connectivity index (χ1v) is 7.72. The first-order valence-electron chi connectivity index (χ1n) is 7.72. The lowest BCUT2D eigenvalue weighted by molar-refractivity contribution is -0.136. The number of nitrogens with zero attached hydrogens (tertiary/aromatic N) is 2. The molecule has 0 unspecified atom stereocenters. The standard InChI is InChI=1S/C16H25N5O3/c1-10(2)8-11(9-21(3)4)18-15(23)16(24)20-13-7-5-6-12(19-13)14(17)22/h5-7,10-11H,8-9H2,1-4H3,(H2,17,22)(H,18,23)(H,19,20,24)/t11-/m0/s1. The van der Waals surface area contributed by atoms with Crippen LogP contribution in [0.4, 0.5) is 5.82 Å². The lowest BCUT2D eigenvalue weighted by Crippen LogP contribution is -2.46. The number of hydrogen-bond donors (Lipinski definition) is 3. The van der Waals surface area contributed by atoms with Gasteiger partial charge >= 0.3 is 11.8 Å². The molecule has 1 aromatic rings. The Labute approximate surface area is 141 Å². The Morgan fingerprint density at radius 3 is 2.42 bits per heavy atom. The van der Waals surface area contributed by atoms with E-state index >= 15 is 0 Å². The number of nitrogens with one attached hydrogen (secondary N) is 2. The van der Waals surface area contributed by atoms with E-state index in [9.17, 15) is 14.4 Å². The van der Waals surface area contributed by atoms with Gasteiger partial charge < -0.3 is 21.3 Å². The van der Waals surface area contributed by atoms with E-state index in [1.807, 2.05) is 32.8 Å². The number of carbonyl (C=O) groups excluding carboxylic acids is 3. The van der Waals surface area contributed by atoms with E-state index in [4.69, 9.17) is 5.73 Å². The van der Waals surface area contributed by atoms with Gasteiger partial charge in [-0.15, -0.1) is 0 Å². The van der Waals surface area contributed by atoms with Crippen LogP contribution >= 0.6 is 0 Å². The van der Waals surface area contributed by atoms with E-state index in [2.05, 4.69) is 15.6 Å². The molecule has 0 radical (unpaired) electrons. The van der Waals surface area contributed by atoms with Crippen molar-refractivity contribution in [2.45, 2.75) is 26.3 Å². The van der Waals surface area contributed by atoms with E-state index in [-0.39, 0.29) is 17.6 Å². The Bertz CT molecular complexity index is 591. The molecule has 0 aliphatic rings. The summed E-state index contributed by atoms with van der Waals surface area (Å²) in [5.74, 6) is -1.81.